The van der Waals surface area contributed by atoms with E-state index in [0.717, 1.165) is 25.2 Å². The summed E-state index contributed by atoms with van der Waals surface area (Å²) in [6.45, 7) is 2.22. The van der Waals surface area contributed by atoms with E-state index in [-0.39, 0.29) is 12.1 Å². The number of unbranched alkanes of at least 4 members (excludes halogenated alkanes) is 2. The molecule has 25 heavy (non-hydrogen) atoms. The first-order chi connectivity index (χ1) is 12.1. The lowest BCUT2D eigenvalue weighted by Gasteiger charge is -2.26. The van der Waals surface area contributed by atoms with Crippen molar-refractivity contribution < 1.29 is 5.11 Å². The van der Waals surface area contributed by atoms with E-state index in [9.17, 15) is 5.11 Å². The molecule has 2 nitrogen and oxygen atoms in total. The Labute approximate surface area is 153 Å². The van der Waals surface area contributed by atoms with Crippen molar-refractivity contribution in [3.63, 3.8) is 0 Å². The zero-order valence-corrected chi connectivity index (χ0v) is 15.8. The molecule has 1 saturated carbocycles. The molecule has 1 aromatic carbocycles. The normalized spacial score (nSPS) is 29.2. The van der Waals surface area contributed by atoms with Crippen molar-refractivity contribution in [3.05, 3.63) is 47.0 Å². The van der Waals surface area contributed by atoms with Crippen LogP contribution in [0.3, 0.4) is 0 Å². The van der Waals surface area contributed by atoms with Gasteiger partial charge in [-0.25, -0.2) is 0 Å². The summed E-state index contributed by atoms with van der Waals surface area (Å²) < 4.78 is 0. The molecule has 1 fully saturated rings. The summed E-state index contributed by atoms with van der Waals surface area (Å²) in [4.78, 5) is 0. The van der Waals surface area contributed by atoms with Crippen molar-refractivity contribution in [2.45, 2.75) is 82.6 Å². The van der Waals surface area contributed by atoms with Gasteiger partial charge in [-0.2, -0.15) is 0 Å². The van der Waals surface area contributed by atoms with Crippen molar-refractivity contribution in [1.82, 2.24) is 0 Å². The summed E-state index contributed by atoms with van der Waals surface area (Å²) in [5.41, 5.74) is 10.5. The average molecular weight is 342 g/mol. The number of rotatable bonds is 7. The van der Waals surface area contributed by atoms with Gasteiger partial charge in [0, 0.05) is 5.54 Å². The molecular weight excluding hydrogens is 306 g/mol. The van der Waals surface area contributed by atoms with Crippen LogP contribution in [0.5, 0.6) is 0 Å². The Hall–Kier alpha value is -1.12. The molecule has 0 aromatic heterocycles. The van der Waals surface area contributed by atoms with Crippen LogP contribution in [0, 0.1) is 5.92 Å². The van der Waals surface area contributed by atoms with Gasteiger partial charge < -0.3 is 10.8 Å². The van der Waals surface area contributed by atoms with E-state index in [4.69, 9.17) is 5.73 Å². The van der Waals surface area contributed by atoms with Gasteiger partial charge in [0.2, 0.25) is 0 Å². The van der Waals surface area contributed by atoms with Gasteiger partial charge >= 0.3 is 0 Å². The Morgan fingerprint density at radius 3 is 2.88 bits per heavy atom. The van der Waals surface area contributed by atoms with Crippen LogP contribution in [-0.4, -0.2) is 17.3 Å². The largest absolute Gasteiger partial charge is 0.394 e. The fourth-order valence-electron chi connectivity index (χ4n) is 4.80. The van der Waals surface area contributed by atoms with Crippen LogP contribution in [0.15, 0.2) is 30.4 Å². The summed E-state index contributed by atoms with van der Waals surface area (Å²) in [6.07, 6.45) is 16.6. The Morgan fingerprint density at radius 1 is 1.24 bits per heavy atom. The third kappa shape index (κ3) is 4.74. The van der Waals surface area contributed by atoms with Crippen LogP contribution >= 0.6 is 0 Å². The first-order valence-electron chi connectivity index (χ1n) is 10.3. The summed E-state index contributed by atoms with van der Waals surface area (Å²) in [5.74, 6) is 1.41. The molecule has 3 rings (SSSR count). The molecule has 0 heterocycles. The molecule has 138 valence electrons. The topological polar surface area (TPSA) is 46.2 Å². The predicted molar refractivity (Wildman–Crippen MR) is 106 cm³/mol. The highest BCUT2D eigenvalue weighted by Crippen LogP contribution is 2.40. The monoisotopic (exact) mass is 341 g/mol. The summed E-state index contributed by atoms with van der Waals surface area (Å²) in [6, 6.07) is 7.17. The molecule has 0 spiro atoms. The minimum atomic E-state index is -0.349. The molecule has 1 unspecified atom stereocenters. The van der Waals surface area contributed by atoms with E-state index >= 15 is 0 Å². The highest BCUT2D eigenvalue weighted by molar-refractivity contribution is 5.36. The smallest absolute Gasteiger partial charge is 0.0611 e. The van der Waals surface area contributed by atoms with E-state index in [1.54, 1.807) is 11.1 Å². The quantitative estimate of drug-likeness (QED) is 0.548. The fraction of sp³-hybridized carbons (Fsp3) is 0.652. The molecule has 3 atom stereocenters. The second-order valence-corrected chi connectivity index (χ2v) is 8.45. The van der Waals surface area contributed by atoms with Crippen molar-refractivity contribution in [3.8, 4) is 0 Å². The third-order valence-electron chi connectivity index (χ3n) is 6.46. The van der Waals surface area contributed by atoms with Crippen LogP contribution in [0.25, 0.3) is 0 Å². The molecule has 0 aliphatic heterocycles. The number of aliphatic hydroxyl groups excluding tert-OH is 1. The Kier molecular flexibility index (Phi) is 6.35. The Balaban J connectivity index is 1.55. The lowest BCUT2D eigenvalue weighted by molar-refractivity contribution is 0.198. The number of benzene rings is 1. The van der Waals surface area contributed by atoms with E-state index in [1.807, 2.05) is 0 Å². The Morgan fingerprint density at radius 2 is 2.12 bits per heavy atom. The Bertz CT molecular complexity index is 594. The number of aryl methyl sites for hydroxylation is 1. The van der Waals surface area contributed by atoms with Gasteiger partial charge in [-0.05, 0) is 86.8 Å². The van der Waals surface area contributed by atoms with E-state index in [2.05, 4.69) is 37.3 Å². The molecule has 0 amide bonds. The van der Waals surface area contributed by atoms with Crippen molar-refractivity contribution >= 4 is 0 Å². The van der Waals surface area contributed by atoms with Crippen molar-refractivity contribution in [2.75, 3.05) is 6.61 Å². The minimum Gasteiger partial charge on any atom is -0.394 e. The van der Waals surface area contributed by atoms with Gasteiger partial charge in [-0.3, -0.25) is 0 Å². The van der Waals surface area contributed by atoms with Gasteiger partial charge in [0.05, 0.1) is 6.61 Å². The standard InChI is InChI=1S/C23H35NO/c1-2-3-4-5-6-7-18-8-9-20-15-21(11-10-19(20)14-18)22-12-13-23(24,16-22)17-25/h2-3,10-11,15,18,22,25H,4-9,12-14,16-17,24H2,1H3/b3-2-/t18?,22-,23+/m0/s1. The summed E-state index contributed by atoms with van der Waals surface area (Å²) >= 11 is 0. The average Bonchev–Trinajstić information content (AvgIpc) is 3.04. The summed E-state index contributed by atoms with van der Waals surface area (Å²) in [5, 5.41) is 9.50. The summed E-state index contributed by atoms with van der Waals surface area (Å²) in [7, 11) is 0. The van der Waals surface area contributed by atoms with Crippen LogP contribution in [-0.2, 0) is 12.8 Å². The predicted octanol–water partition coefficient (Wildman–Crippen LogP) is 4.89. The number of nitrogens with two attached hydrogens (primary N) is 1. The maximum Gasteiger partial charge on any atom is 0.0611 e. The fourth-order valence-corrected chi connectivity index (χ4v) is 4.80. The van der Waals surface area contributed by atoms with Gasteiger partial charge in [0.1, 0.15) is 0 Å². The SMILES string of the molecule is C/C=C\CCCCC1CCc2cc([C@H]3CC[C@](N)(CO)C3)ccc2C1. The molecule has 2 heteroatoms. The van der Waals surface area contributed by atoms with Gasteiger partial charge in [-0.15, -0.1) is 0 Å². The lowest BCUT2D eigenvalue weighted by atomic mass is 9.79. The first-order valence-corrected chi connectivity index (χ1v) is 10.3. The minimum absolute atomic E-state index is 0.115. The molecule has 2 aliphatic rings. The molecular formula is C23H35NO. The van der Waals surface area contributed by atoms with Crippen molar-refractivity contribution in [2.24, 2.45) is 11.7 Å². The van der Waals surface area contributed by atoms with Gasteiger partial charge in [0.25, 0.3) is 0 Å². The number of aliphatic hydroxyl groups is 1. The molecule has 0 bridgehead atoms. The van der Waals surface area contributed by atoms with E-state index < -0.39 is 0 Å². The molecule has 0 saturated heterocycles. The zero-order chi connectivity index (χ0) is 17.7. The second kappa shape index (κ2) is 8.51. The van der Waals surface area contributed by atoms with Crippen LogP contribution in [0.1, 0.15) is 80.9 Å². The highest BCUT2D eigenvalue weighted by Gasteiger charge is 2.36. The molecule has 0 radical (unpaired) electrons. The number of allylic oxidation sites excluding steroid dienone is 2. The maximum atomic E-state index is 9.50. The molecule has 3 N–H and O–H groups in total. The van der Waals surface area contributed by atoms with Gasteiger partial charge in [0.15, 0.2) is 0 Å². The zero-order valence-electron chi connectivity index (χ0n) is 15.8. The van der Waals surface area contributed by atoms with Crippen molar-refractivity contribution in [1.29, 1.82) is 0 Å². The third-order valence-corrected chi connectivity index (χ3v) is 6.46. The van der Waals surface area contributed by atoms with Crippen LogP contribution in [0.2, 0.25) is 0 Å². The number of fused-ring (bicyclic) bond motifs is 1. The lowest BCUT2D eigenvalue weighted by Crippen LogP contribution is -2.40. The van der Waals surface area contributed by atoms with Gasteiger partial charge in [-0.1, -0.05) is 43.2 Å². The van der Waals surface area contributed by atoms with Crippen LogP contribution in [0.4, 0.5) is 0 Å². The van der Waals surface area contributed by atoms with E-state index in [1.165, 1.54) is 50.5 Å². The van der Waals surface area contributed by atoms with Crippen LogP contribution < -0.4 is 5.73 Å². The molecule has 2 aliphatic carbocycles. The van der Waals surface area contributed by atoms with E-state index in [0.29, 0.717) is 5.92 Å². The number of hydrogen-bond donors (Lipinski definition) is 2. The maximum absolute atomic E-state index is 9.50. The second-order valence-electron chi connectivity index (χ2n) is 8.45. The first kappa shape index (κ1) is 18.7. The molecule has 1 aromatic rings. The number of hydrogen-bond acceptors (Lipinski definition) is 2. The highest BCUT2D eigenvalue weighted by atomic mass is 16.3.